The van der Waals surface area contributed by atoms with Crippen LogP contribution in [-0.4, -0.2) is 31.1 Å². The van der Waals surface area contributed by atoms with Crippen LogP contribution in [0.1, 0.15) is 31.9 Å². The minimum atomic E-state index is -0.476. The van der Waals surface area contributed by atoms with Crippen molar-refractivity contribution in [1.82, 2.24) is 10.6 Å². The number of furan rings is 1. The number of carbonyl (C=O) groups excluding carboxylic acids is 2. The molecule has 1 unspecified atom stereocenters. The van der Waals surface area contributed by atoms with E-state index in [1.54, 1.807) is 18.4 Å². The van der Waals surface area contributed by atoms with E-state index in [0.29, 0.717) is 18.3 Å². The van der Waals surface area contributed by atoms with Crippen molar-refractivity contribution < 1.29 is 18.9 Å². The van der Waals surface area contributed by atoms with Gasteiger partial charge in [0.1, 0.15) is 5.76 Å². The molecule has 110 valence electrons. The van der Waals surface area contributed by atoms with Crippen molar-refractivity contribution in [2.24, 2.45) is 0 Å². The first-order valence-electron chi connectivity index (χ1n) is 7.10. The van der Waals surface area contributed by atoms with Crippen molar-refractivity contribution in [3.63, 3.8) is 0 Å². The Bertz CT molecular complexity index is 445. The zero-order chi connectivity index (χ0) is 14.4. The van der Waals surface area contributed by atoms with Crippen LogP contribution in [0, 0.1) is 0 Å². The zero-order valence-corrected chi connectivity index (χ0v) is 11.8. The van der Waals surface area contributed by atoms with Crippen LogP contribution in [0.3, 0.4) is 0 Å². The molecule has 1 aromatic rings. The molecule has 2 atom stereocenters. The number of amides is 3. The number of quaternary nitrogens is 1. The van der Waals surface area contributed by atoms with Crippen LogP contribution in [0.4, 0.5) is 4.79 Å². The van der Waals surface area contributed by atoms with Crippen molar-refractivity contribution in [2.45, 2.75) is 38.8 Å². The summed E-state index contributed by atoms with van der Waals surface area (Å²) in [5.41, 5.74) is 0. The first-order chi connectivity index (χ1) is 9.65. The van der Waals surface area contributed by atoms with Gasteiger partial charge in [0.05, 0.1) is 25.4 Å². The van der Waals surface area contributed by atoms with E-state index in [1.807, 2.05) is 0 Å². The Morgan fingerprint density at radius 3 is 3.00 bits per heavy atom. The minimum absolute atomic E-state index is 0.231. The molecule has 0 spiro atoms. The molecule has 3 amide bonds. The predicted molar refractivity (Wildman–Crippen MR) is 73.1 cm³/mol. The van der Waals surface area contributed by atoms with Crippen LogP contribution >= 0.6 is 0 Å². The van der Waals surface area contributed by atoms with E-state index in [1.165, 1.54) is 11.3 Å². The fraction of sp³-hybridized carbons (Fsp3) is 0.571. The standard InChI is InChI=1S/C14H21N3O3/c1-11-5-2-3-7-17(11)10-13(18)16-14(19)15-9-12-6-4-8-20-12/h4,6,8,11H,2-3,5,7,9-10H2,1H3,(H2,15,16,18,19)/p+1/t11-/m1/s1. The van der Waals surface area contributed by atoms with Crippen molar-refractivity contribution >= 4 is 11.9 Å². The summed E-state index contributed by atoms with van der Waals surface area (Å²) < 4.78 is 5.09. The van der Waals surface area contributed by atoms with Crippen molar-refractivity contribution in [3.05, 3.63) is 24.2 Å². The Morgan fingerprint density at radius 1 is 1.45 bits per heavy atom. The Labute approximate surface area is 118 Å². The Kier molecular flexibility index (Phi) is 5.17. The molecular weight excluding hydrogens is 258 g/mol. The molecule has 0 aliphatic carbocycles. The van der Waals surface area contributed by atoms with Gasteiger partial charge in [-0.2, -0.15) is 0 Å². The largest absolute Gasteiger partial charge is 0.467 e. The lowest BCUT2D eigenvalue weighted by atomic mass is 10.0. The molecule has 1 aliphatic heterocycles. The molecule has 0 aromatic carbocycles. The SMILES string of the molecule is C[C@@H]1CCCC[NH+]1CC(=O)NC(=O)NCc1ccco1. The van der Waals surface area contributed by atoms with Crippen LogP contribution in [0.15, 0.2) is 22.8 Å². The van der Waals surface area contributed by atoms with Gasteiger partial charge >= 0.3 is 6.03 Å². The maximum atomic E-state index is 11.8. The number of hydrogen-bond donors (Lipinski definition) is 3. The van der Waals surface area contributed by atoms with E-state index in [-0.39, 0.29) is 12.5 Å². The second-order valence-electron chi connectivity index (χ2n) is 5.29. The highest BCUT2D eigenvalue weighted by atomic mass is 16.3. The lowest BCUT2D eigenvalue weighted by molar-refractivity contribution is -0.920. The number of rotatable bonds is 4. The number of nitrogens with one attached hydrogen (secondary N) is 3. The smallest absolute Gasteiger partial charge is 0.321 e. The van der Waals surface area contributed by atoms with E-state index >= 15 is 0 Å². The molecule has 2 heterocycles. The van der Waals surface area contributed by atoms with Crippen LogP contribution in [0.25, 0.3) is 0 Å². The van der Waals surface area contributed by atoms with Gasteiger partial charge in [0.15, 0.2) is 6.54 Å². The van der Waals surface area contributed by atoms with Gasteiger partial charge in [-0.1, -0.05) is 0 Å². The maximum absolute atomic E-state index is 11.8. The molecule has 1 fully saturated rings. The zero-order valence-electron chi connectivity index (χ0n) is 11.8. The summed E-state index contributed by atoms with van der Waals surface area (Å²) in [6.45, 7) is 3.79. The average molecular weight is 280 g/mol. The molecule has 0 bridgehead atoms. The summed E-state index contributed by atoms with van der Waals surface area (Å²) in [5.74, 6) is 0.425. The van der Waals surface area contributed by atoms with Crippen LogP contribution in [0.2, 0.25) is 0 Å². The second kappa shape index (κ2) is 7.09. The minimum Gasteiger partial charge on any atom is -0.467 e. The molecule has 0 saturated carbocycles. The number of piperidine rings is 1. The second-order valence-corrected chi connectivity index (χ2v) is 5.29. The van der Waals surface area contributed by atoms with Crippen molar-refractivity contribution in [3.8, 4) is 0 Å². The molecular formula is C14H22N3O3+. The lowest BCUT2D eigenvalue weighted by Crippen LogP contribution is -3.17. The molecule has 1 aliphatic rings. The van der Waals surface area contributed by atoms with Gasteiger partial charge in [-0.3, -0.25) is 10.1 Å². The first-order valence-corrected chi connectivity index (χ1v) is 7.10. The molecule has 2 rings (SSSR count). The van der Waals surface area contributed by atoms with E-state index < -0.39 is 6.03 Å². The number of hydrogen-bond acceptors (Lipinski definition) is 3. The summed E-state index contributed by atoms with van der Waals surface area (Å²) in [6.07, 6.45) is 5.07. The highest BCUT2D eigenvalue weighted by Crippen LogP contribution is 2.01. The third-order valence-electron chi connectivity index (χ3n) is 3.73. The summed E-state index contributed by atoms with van der Waals surface area (Å²) in [4.78, 5) is 24.6. The van der Waals surface area contributed by atoms with Gasteiger partial charge in [-0.15, -0.1) is 0 Å². The molecule has 0 radical (unpaired) electrons. The van der Waals surface area contributed by atoms with E-state index in [0.717, 1.165) is 19.4 Å². The van der Waals surface area contributed by atoms with E-state index in [9.17, 15) is 9.59 Å². The Balaban J connectivity index is 1.69. The topological polar surface area (TPSA) is 75.8 Å². The van der Waals surface area contributed by atoms with Crippen LogP contribution in [0.5, 0.6) is 0 Å². The van der Waals surface area contributed by atoms with Crippen LogP contribution in [-0.2, 0) is 11.3 Å². The third-order valence-corrected chi connectivity index (χ3v) is 3.73. The summed E-state index contributed by atoms with van der Waals surface area (Å²) in [6, 6.07) is 3.53. The molecule has 20 heavy (non-hydrogen) atoms. The number of urea groups is 1. The summed E-state index contributed by atoms with van der Waals surface area (Å²) >= 11 is 0. The molecule has 1 aromatic heterocycles. The van der Waals surface area contributed by atoms with Gasteiger partial charge in [0.2, 0.25) is 0 Å². The van der Waals surface area contributed by atoms with Gasteiger partial charge < -0.3 is 14.6 Å². The Morgan fingerprint density at radius 2 is 2.30 bits per heavy atom. The molecule has 6 heteroatoms. The monoisotopic (exact) mass is 280 g/mol. The maximum Gasteiger partial charge on any atom is 0.321 e. The normalized spacial score (nSPS) is 22.2. The quantitative estimate of drug-likeness (QED) is 0.730. The van der Waals surface area contributed by atoms with E-state index in [2.05, 4.69) is 17.6 Å². The van der Waals surface area contributed by atoms with Crippen molar-refractivity contribution in [1.29, 1.82) is 0 Å². The molecule has 3 N–H and O–H groups in total. The Hall–Kier alpha value is -1.82. The van der Waals surface area contributed by atoms with Gasteiger partial charge in [0.25, 0.3) is 5.91 Å². The van der Waals surface area contributed by atoms with E-state index in [4.69, 9.17) is 4.42 Å². The third kappa shape index (κ3) is 4.38. The highest BCUT2D eigenvalue weighted by molar-refractivity contribution is 5.94. The predicted octanol–water partition coefficient (Wildman–Crippen LogP) is 0.0627. The van der Waals surface area contributed by atoms with Crippen molar-refractivity contribution in [2.75, 3.05) is 13.1 Å². The number of likely N-dealkylation sites (tertiary alicyclic amines) is 1. The lowest BCUT2D eigenvalue weighted by Gasteiger charge is -2.29. The van der Waals surface area contributed by atoms with Gasteiger partial charge in [-0.05, 0) is 38.3 Å². The van der Waals surface area contributed by atoms with Gasteiger partial charge in [0, 0.05) is 0 Å². The number of imide groups is 1. The first kappa shape index (κ1) is 14.6. The fourth-order valence-electron chi connectivity index (χ4n) is 2.52. The molecule has 1 saturated heterocycles. The summed E-state index contributed by atoms with van der Waals surface area (Å²) in [5, 5.41) is 4.95. The average Bonchev–Trinajstić information content (AvgIpc) is 2.92. The summed E-state index contributed by atoms with van der Waals surface area (Å²) in [7, 11) is 0. The fourth-order valence-corrected chi connectivity index (χ4v) is 2.52. The molecule has 6 nitrogen and oxygen atoms in total. The van der Waals surface area contributed by atoms with Crippen LogP contribution < -0.4 is 15.5 Å². The van der Waals surface area contributed by atoms with Gasteiger partial charge in [-0.25, -0.2) is 4.79 Å². The number of carbonyl (C=O) groups is 2. The highest BCUT2D eigenvalue weighted by Gasteiger charge is 2.24.